The summed E-state index contributed by atoms with van der Waals surface area (Å²) in [6.45, 7) is 5.05. The van der Waals surface area contributed by atoms with E-state index in [0.29, 0.717) is 24.3 Å². The Morgan fingerprint density at radius 3 is 2.91 bits per heavy atom. The summed E-state index contributed by atoms with van der Waals surface area (Å²) < 4.78 is 5.10. The molecule has 2 heterocycles. The van der Waals surface area contributed by atoms with Crippen molar-refractivity contribution in [2.75, 3.05) is 6.54 Å². The molecule has 0 atom stereocenters. The number of carbonyl (C=O) groups is 1. The zero-order chi connectivity index (χ0) is 16.2. The number of urea groups is 1. The van der Waals surface area contributed by atoms with E-state index in [1.165, 1.54) is 0 Å². The van der Waals surface area contributed by atoms with Gasteiger partial charge in [-0.1, -0.05) is 19.0 Å². The van der Waals surface area contributed by atoms with Crippen LogP contribution in [0.15, 0.2) is 9.90 Å². The van der Waals surface area contributed by atoms with Crippen molar-refractivity contribution in [1.82, 2.24) is 25.8 Å². The van der Waals surface area contributed by atoms with Crippen molar-refractivity contribution in [3.05, 3.63) is 27.8 Å². The highest BCUT2D eigenvalue weighted by Crippen LogP contribution is 2.38. The van der Waals surface area contributed by atoms with Crippen LogP contribution in [0.1, 0.15) is 60.9 Å². The maximum absolute atomic E-state index is 11.7. The fourth-order valence-electron chi connectivity index (χ4n) is 2.07. The van der Waals surface area contributed by atoms with Crippen LogP contribution in [0.2, 0.25) is 0 Å². The number of hydrogen-bond acceptors (Lipinski definition) is 6. The zero-order valence-corrected chi connectivity index (χ0v) is 14.2. The molecular formula is C15H21N5O2S. The van der Waals surface area contributed by atoms with Crippen LogP contribution in [-0.4, -0.2) is 27.7 Å². The van der Waals surface area contributed by atoms with Crippen molar-refractivity contribution in [2.45, 2.75) is 51.5 Å². The molecule has 0 spiro atoms. The second kappa shape index (κ2) is 7.08. The first-order valence-electron chi connectivity index (χ1n) is 7.90. The van der Waals surface area contributed by atoms with Crippen molar-refractivity contribution in [1.29, 1.82) is 0 Å². The Labute approximate surface area is 138 Å². The molecule has 1 saturated carbocycles. The highest BCUT2D eigenvalue weighted by Gasteiger charge is 2.28. The molecule has 0 unspecified atom stereocenters. The standard InChI is InChI=1S/C15H21N5O2S/c1-9(2)14-18-11(8-23-14)5-6-16-15(21)17-7-12-19-13(20-22-12)10-3-4-10/h8-10H,3-7H2,1-2H3,(H2,16,17,21). The number of thiazole rings is 1. The highest BCUT2D eigenvalue weighted by molar-refractivity contribution is 7.09. The van der Waals surface area contributed by atoms with Gasteiger partial charge in [0.15, 0.2) is 5.82 Å². The molecule has 124 valence electrons. The summed E-state index contributed by atoms with van der Waals surface area (Å²) in [4.78, 5) is 20.5. The number of carbonyl (C=O) groups excluding carboxylic acids is 1. The van der Waals surface area contributed by atoms with Gasteiger partial charge < -0.3 is 15.2 Å². The van der Waals surface area contributed by atoms with Crippen molar-refractivity contribution in [3.8, 4) is 0 Å². The van der Waals surface area contributed by atoms with Crippen LogP contribution in [0.25, 0.3) is 0 Å². The summed E-state index contributed by atoms with van der Waals surface area (Å²) in [5.74, 6) is 2.10. The molecule has 3 rings (SSSR count). The monoisotopic (exact) mass is 335 g/mol. The Morgan fingerprint density at radius 1 is 1.39 bits per heavy atom. The summed E-state index contributed by atoms with van der Waals surface area (Å²) in [7, 11) is 0. The third kappa shape index (κ3) is 4.51. The zero-order valence-electron chi connectivity index (χ0n) is 13.3. The van der Waals surface area contributed by atoms with Gasteiger partial charge in [0.1, 0.15) is 0 Å². The van der Waals surface area contributed by atoms with Crippen LogP contribution >= 0.6 is 11.3 Å². The van der Waals surface area contributed by atoms with Gasteiger partial charge in [0.05, 0.1) is 17.2 Å². The fourth-order valence-corrected chi connectivity index (χ4v) is 2.94. The first-order chi connectivity index (χ1) is 11.1. The first-order valence-corrected chi connectivity index (χ1v) is 8.78. The summed E-state index contributed by atoms with van der Waals surface area (Å²) in [5.41, 5.74) is 1.02. The summed E-state index contributed by atoms with van der Waals surface area (Å²) >= 11 is 1.67. The Bertz CT molecular complexity index is 662. The minimum atomic E-state index is -0.240. The van der Waals surface area contributed by atoms with Gasteiger partial charge in [-0.05, 0) is 12.8 Å². The van der Waals surface area contributed by atoms with Crippen LogP contribution in [0.4, 0.5) is 4.79 Å². The van der Waals surface area contributed by atoms with E-state index in [9.17, 15) is 4.79 Å². The number of rotatable bonds is 7. The Balaban J connectivity index is 1.35. The minimum Gasteiger partial charge on any atom is -0.338 e. The molecule has 0 radical (unpaired) electrons. The van der Waals surface area contributed by atoms with Gasteiger partial charge >= 0.3 is 6.03 Å². The third-order valence-electron chi connectivity index (χ3n) is 3.56. The number of nitrogens with one attached hydrogen (secondary N) is 2. The van der Waals surface area contributed by atoms with Gasteiger partial charge in [0, 0.05) is 30.2 Å². The van der Waals surface area contributed by atoms with Crippen LogP contribution in [-0.2, 0) is 13.0 Å². The maximum Gasteiger partial charge on any atom is 0.315 e. The van der Waals surface area contributed by atoms with E-state index in [0.717, 1.165) is 35.8 Å². The predicted octanol–water partition coefficient (Wildman–Crippen LogP) is 2.57. The average Bonchev–Trinajstić information content (AvgIpc) is 3.08. The second-order valence-electron chi connectivity index (χ2n) is 6.01. The molecule has 0 aliphatic heterocycles. The van der Waals surface area contributed by atoms with Gasteiger partial charge in [0.2, 0.25) is 5.89 Å². The summed E-state index contributed by atoms with van der Waals surface area (Å²) in [6, 6.07) is -0.240. The molecule has 7 nitrogen and oxygen atoms in total. The lowest BCUT2D eigenvalue weighted by Gasteiger charge is -2.04. The Morgan fingerprint density at radius 2 is 2.22 bits per heavy atom. The number of nitrogens with zero attached hydrogens (tertiary/aromatic N) is 3. The van der Waals surface area contributed by atoms with E-state index in [2.05, 4.69) is 39.6 Å². The number of hydrogen-bond donors (Lipinski definition) is 2. The SMILES string of the molecule is CC(C)c1nc(CCNC(=O)NCc2nc(C3CC3)no2)cs1. The molecule has 1 fully saturated rings. The summed E-state index contributed by atoms with van der Waals surface area (Å²) in [6.07, 6.45) is 2.98. The van der Waals surface area contributed by atoms with E-state index in [1.54, 1.807) is 11.3 Å². The first kappa shape index (κ1) is 15.9. The topological polar surface area (TPSA) is 92.9 Å². The van der Waals surface area contributed by atoms with Crippen molar-refractivity contribution in [3.63, 3.8) is 0 Å². The lowest BCUT2D eigenvalue weighted by atomic mass is 10.2. The van der Waals surface area contributed by atoms with E-state index in [-0.39, 0.29) is 12.6 Å². The Kier molecular flexibility index (Phi) is 4.90. The molecule has 23 heavy (non-hydrogen) atoms. The van der Waals surface area contributed by atoms with Gasteiger partial charge in [-0.2, -0.15) is 4.98 Å². The molecule has 1 aliphatic carbocycles. The van der Waals surface area contributed by atoms with Crippen LogP contribution in [0, 0.1) is 0 Å². The molecular weight excluding hydrogens is 314 g/mol. The number of amides is 2. The average molecular weight is 335 g/mol. The molecule has 2 aromatic rings. The smallest absolute Gasteiger partial charge is 0.315 e. The van der Waals surface area contributed by atoms with Gasteiger partial charge in [-0.25, -0.2) is 9.78 Å². The molecule has 2 aromatic heterocycles. The quantitative estimate of drug-likeness (QED) is 0.811. The second-order valence-corrected chi connectivity index (χ2v) is 6.90. The van der Waals surface area contributed by atoms with Crippen molar-refractivity contribution >= 4 is 17.4 Å². The van der Waals surface area contributed by atoms with E-state index >= 15 is 0 Å². The number of aromatic nitrogens is 3. The van der Waals surface area contributed by atoms with Gasteiger partial charge in [-0.3, -0.25) is 0 Å². The molecule has 2 N–H and O–H groups in total. The molecule has 0 bridgehead atoms. The third-order valence-corrected chi connectivity index (χ3v) is 4.75. The molecule has 8 heteroatoms. The van der Waals surface area contributed by atoms with Gasteiger partial charge in [-0.15, -0.1) is 11.3 Å². The maximum atomic E-state index is 11.7. The van der Waals surface area contributed by atoms with E-state index < -0.39 is 0 Å². The van der Waals surface area contributed by atoms with Crippen LogP contribution in [0.3, 0.4) is 0 Å². The van der Waals surface area contributed by atoms with Crippen LogP contribution < -0.4 is 10.6 Å². The Hall–Kier alpha value is -1.96. The fraction of sp³-hybridized carbons (Fsp3) is 0.600. The minimum absolute atomic E-state index is 0.240. The van der Waals surface area contributed by atoms with Crippen molar-refractivity contribution in [2.24, 2.45) is 0 Å². The lowest BCUT2D eigenvalue weighted by molar-refractivity contribution is 0.238. The normalized spacial score (nSPS) is 14.2. The van der Waals surface area contributed by atoms with Crippen molar-refractivity contribution < 1.29 is 9.32 Å². The van der Waals surface area contributed by atoms with Crippen LogP contribution in [0.5, 0.6) is 0 Å². The van der Waals surface area contributed by atoms with E-state index in [1.807, 2.05) is 5.38 Å². The molecule has 0 aromatic carbocycles. The lowest BCUT2D eigenvalue weighted by Crippen LogP contribution is -2.36. The molecule has 0 saturated heterocycles. The van der Waals surface area contributed by atoms with E-state index in [4.69, 9.17) is 4.52 Å². The molecule has 1 aliphatic rings. The summed E-state index contributed by atoms with van der Waals surface area (Å²) in [5, 5.41) is 12.6. The van der Waals surface area contributed by atoms with Gasteiger partial charge in [0.25, 0.3) is 0 Å². The molecule has 2 amide bonds. The largest absolute Gasteiger partial charge is 0.338 e. The predicted molar refractivity (Wildman–Crippen MR) is 86.4 cm³/mol. The highest BCUT2D eigenvalue weighted by atomic mass is 32.1.